The first-order chi connectivity index (χ1) is 8.18. The van der Waals surface area contributed by atoms with Gasteiger partial charge in [-0.15, -0.1) is 0 Å². The average Bonchev–Trinajstić information content (AvgIpc) is 2.96. The Labute approximate surface area is 107 Å². The van der Waals surface area contributed by atoms with Gasteiger partial charge in [0.1, 0.15) is 0 Å². The second-order valence-corrected chi connectivity index (χ2v) is 5.46. The van der Waals surface area contributed by atoms with Crippen molar-refractivity contribution in [2.45, 2.75) is 39.3 Å². The lowest BCUT2D eigenvalue weighted by Crippen LogP contribution is -2.43. The van der Waals surface area contributed by atoms with E-state index >= 15 is 0 Å². The molecule has 1 aliphatic rings. The highest BCUT2D eigenvalue weighted by Gasteiger charge is 2.22. The first kappa shape index (κ1) is 12.6. The van der Waals surface area contributed by atoms with E-state index in [1.54, 1.807) is 11.3 Å². The van der Waals surface area contributed by atoms with Gasteiger partial charge in [-0.05, 0) is 48.6 Å². The first-order valence-corrected chi connectivity index (χ1v) is 7.16. The highest BCUT2D eigenvalue weighted by Crippen LogP contribution is 2.14. The maximum Gasteiger partial charge on any atom is 0.239 e. The van der Waals surface area contributed by atoms with Crippen molar-refractivity contribution in [3.63, 3.8) is 0 Å². The number of carbonyl (C=O) groups is 1. The summed E-state index contributed by atoms with van der Waals surface area (Å²) in [6.07, 6.45) is 2.31. The maximum atomic E-state index is 12.1. The second kappa shape index (κ2) is 5.65. The van der Waals surface area contributed by atoms with Crippen LogP contribution < -0.4 is 5.32 Å². The fourth-order valence-corrected chi connectivity index (χ4v) is 2.99. The number of nitrogens with zero attached hydrogens (tertiary/aromatic N) is 1. The summed E-state index contributed by atoms with van der Waals surface area (Å²) >= 11 is 1.72. The molecule has 2 rings (SSSR count). The van der Waals surface area contributed by atoms with E-state index in [2.05, 4.69) is 23.0 Å². The molecule has 1 aromatic heterocycles. The van der Waals surface area contributed by atoms with Gasteiger partial charge in [0.15, 0.2) is 0 Å². The zero-order chi connectivity index (χ0) is 12.3. The zero-order valence-corrected chi connectivity index (χ0v) is 11.3. The Morgan fingerprint density at radius 1 is 1.47 bits per heavy atom. The molecule has 3 nitrogen and oxygen atoms in total. The molecule has 1 aromatic rings. The molecule has 1 N–H and O–H groups in total. The molecule has 0 spiro atoms. The van der Waals surface area contributed by atoms with E-state index in [0.29, 0.717) is 0 Å². The predicted molar refractivity (Wildman–Crippen MR) is 71.2 cm³/mol. The van der Waals surface area contributed by atoms with Crippen LogP contribution in [0.1, 0.15) is 30.9 Å². The molecule has 4 heteroatoms. The van der Waals surface area contributed by atoms with Gasteiger partial charge in [-0.1, -0.05) is 0 Å². The highest BCUT2D eigenvalue weighted by atomic mass is 32.1. The lowest BCUT2D eigenvalue weighted by atomic mass is 10.2. The smallest absolute Gasteiger partial charge is 0.239 e. The van der Waals surface area contributed by atoms with Gasteiger partial charge in [0, 0.05) is 19.6 Å². The zero-order valence-electron chi connectivity index (χ0n) is 10.5. The summed E-state index contributed by atoms with van der Waals surface area (Å²) in [6, 6.07) is -0.0765. The molecule has 94 valence electrons. The molecule has 0 radical (unpaired) electrons. The fraction of sp³-hybridized carbons (Fsp3) is 0.615. The Balaban J connectivity index is 1.82. The molecule has 1 unspecified atom stereocenters. The minimum Gasteiger partial charge on any atom is -0.341 e. The normalized spacial score (nSPS) is 17.4. The van der Waals surface area contributed by atoms with Crippen LogP contribution in [0.4, 0.5) is 0 Å². The Kier molecular flexibility index (Phi) is 4.18. The molecule has 1 amide bonds. The van der Waals surface area contributed by atoms with Crippen LogP contribution in [0.25, 0.3) is 0 Å². The summed E-state index contributed by atoms with van der Waals surface area (Å²) in [5.41, 5.74) is 2.61. The van der Waals surface area contributed by atoms with Gasteiger partial charge in [-0.3, -0.25) is 4.79 Å². The van der Waals surface area contributed by atoms with E-state index in [-0.39, 0.29) is 11.9 Å². The van der Waals surface area contributed by atoms with Crippen molar-refractivity contribution in [2.75, 3.05) is 13.1 Å². The van der Waals surface area contributed by atoms with Crippen molar-refractivity contribution < 1.29 is 4.79 Å². The van der Waals surface area contributed by atoms with Crippen LogP contribution >= 0.6 is 11.3 Å². The van der Waals surface area contributed by atoms with Gasteiger partial charge in [0.05, 0.1) is 6.04 Å². The number of likely N-dealkylation sites (tertiary alicyclic amines) is 1. The Hall–Kier alpha value is -0.870. The molecular formula is C13H20N2OS. The van der Waals surface area contributed by atoms with Crippen LogP contribution in [0.2, 0.25) is 0 Å². The number of hydrogen-bond donors (Lipinski definition) is 1. The van der Waals surface area contributed by atoms with E-state index in [1.807, 2.05) is 11.8 Å². The average molecular weight is 252 g/mol. The predicted octanol–water partition coefficient (Wildman–Crippen LogP) is 2.16. The first-order valence-electron chi connectivity index (χ1n) is 6.22. The number of thiophene rings is 1. The van der Waals surface area contributed by atoms with Crippen molar-refractivity contribution in [3.05, 3.63) is 21.9 Å². The third-order valence-electron chi connectivity index (χ3n) is 3.35. The van der Waals surface area contributed by atoms with E-state index < -0.39 is 0 Å². The number of aryl methyl sites for hydroxylation is 1. The number of nitrogens with one attached hydrogen (secondary N) is 1. The molecule has 2 heterocycles. The minimum absolute atomic E-state index is 0.0765. The fourth-order valence-electron chi connectivity index (χ4n) is 2.13. The standard InChI is InChI=1S/C13H20N2OS/c1-10-8-17-9-12(10)7-14-11(2)13(16)15-5-3-4-6-15/h8-9,11,14H,3-7H2,1-2H3. The molecule has 0 bridgehead atoms. The summed E-state index contributed by atoms with van der Waals surface area (Å²) in [7, 11) is 0. The summed E-state index contributed by atoms with van der Waals surface area (Å²) in [4.78, 5) is 14.0. The van der Waals surface area contributed by atoms with E-state index in [9.17, 15) is 4.79 Å². The molecule has 1 saturated heterocycles. The lowest BCUT2D eigenvalue weighted by Gasteiger charge is -2.21. The largest absolute Gasteiger partial charge is 0.341 e. The molecule has 1 atom stereocenters. The van der Waals surface area contributed by atoms with Gasteiger partial charge in [0.2, 0.25) is 5.91 Å². The third kappa shape index (κ3) is 3.07. The molecule has 0 saturated carbocycles. The molecule has 0 aromatic carbocycles. The van der Waals surface area contributed by atoms with E-state index in [1.165, 1.54) is 11.1 Å². The topological polar surface area (TPSA) is 32.3 Å². The van der Waals surface area contributed by atoms with Crippen LogP contribution in [0.15, 0.2) is 10.8 Å². The highest BCUT2D eigenvalue weighted by molar-refractivity contribution is 7.08. The van der Waals surface area contributed by atoms with Crippen molar-refractivity contribution in [3.8, 4) is 0 Å². The summed E-state index contributed by atoms with van der Waals surface area (Å²) in [5, 5.41) is 7.61. The molecule has 1 fully saturated rings. The SMILES string of the molecule is Cc1cscc1CNC(C)C(=O)N1CCCC1. The van der Waals surface area contributed by atoms with Gasteiger partial charge < -0.3 is 10.2 Å². The summed E-state index contributed by atoms with van der Waals surface area (Å²) in [5.74, 6) is 0.246. The monoisotopic (exact) mass is 252 g/mol. The van der Waals surface area contributed by atoms with Crippen LogP contribution in [-0.4, -0.2) is 29.9 Å². The van der Waals surface area contributed by atoms with Gasteiger partial charge in [-0.2, -0.15) is 11.3 Å². The van der Waals surface area contributed by atoms with Crippen molar-refractivity contribution in [1.82, 2.24) is 10.2 Å². The van der Waals surface area contributed by atoms with Crippen LogP contribution in [0.3, 0.4) is 0 Å². The summed E-state index contributed by atoms with van der Waals surface area (Å²) in [6.45, 7) is 6.73. The number of rotatable bonds is 4. The minimum atomic E-state index is -0.0765. The lowest BCUT2D eigenvalue weighted by molar-refractivity contribution is -0.131. The Morgan fingerprint density at radius 3 is 2.76 bits per heavy atom. The van der Waals surface area contributed by atoms with Crippen molar-refractivity contribution >= 4 is 17.2 Å². The van der Waals surface area contributed by atoms with Crippen LogP contribution in [0, 0.1) is 6.92 Å². The van der Waals surface area contributed by atoms with Gasteiger partial charge in [0.25, 0.3) is 0 Å². The molecule has 0 aliphatic carbocycles. The van der Waals surface area contributed by atoms with E-state index in [0.717, 1.165) is 32.5 Å². The van der Waals surface area contributed by atoms with Gasteiger partial charge in [-0.25, -0.2) is 0 Å². The molecule has 1 aliphatic heterocycles. The van der Waals surface area contributed by atoms with Crippen LogP contribution in [-0.2, 0) is 11.3 Å². The van der Waals surface area contributed by atoms with Gasteiger partial charge >= 0.3 is 0 Å². The third-order valence-corrected chi connectivity index (χ3v) is 4.26. The summed E-state index contributed by atoms with van der Waals surface area (Å²) < 4.78 is 0. The number of hydrogen-bond acceptors (Lipinski definition) is 3. The molecular weight excluding hydrogens is 232 g/mol. The van der Waals surface area contributed by atoms with E-state index in [4.69, 9.17) is 0 Å². The number of carbonyl (C=O) groups excluding carboxylic acids is 1. The number of amides is 1. The van der Waals surface area contributed by atoms with Crippen molar-refractivity contribution in [1.29, 1.82) is 0 Å². The maximum absolute atomic E-state index is 12.1. The molecule has 17 heavy (non-hydrogen) atoms. The Bertz CT molecular complexity index is 383. The Morgan fingerprint density at radius 2 is 2.18 bits per heavy atom. The second-order valence-electron chi connectivity index (χ2n) is 4.72. The quantitative estimate of drug-likeness (QED) is 0.890. The van der Waals surface area contributed by atoms with Crippen LogP contribution in [0.5, 0.6) is 0 Å². The van der Waals surface area contributed by atoms with Crippen molar-refractivity contribution in [2.24, 2.45) is 0 Å².